The van der Waals surface area contributed by atoms with Gasteiger partial charge in [-0.2, -0.15) is 4.31 Å². The molecule has 0 N–H and O–H groups in total. The summed E-state index contributed by atoms with van der Waals surface area (Å²) in [5, 5.41) is -0.528. The highest BCUT2D eigenvalue weighted by atomic mass is 32.2. The first kappa shape index (κ1) is 21.3. The van der Waals surface area contributed by atoms with Crippen LogP contribution in [0.5, 0.6) is 0 Å². The fourth-order valence-electron chi connectivity index (χ4n) is 3.95. The summed E-state index contributed by atoms with van der Waals surface area (Å²) in [5.41, 5.74) is 2.13. The van der Waals surface area contributed by atoms with Crippen molar-refractivity contribution in [3.63, 3.8) is 0 Å². The van der Waals surface area contributed by atoms with Gasteiger partial charge in [0.2, 0.25) is 10.0 Å². The van der Waals surface area contributed by atoms with Crippen LogP contribution in [0.15, 0.2) is 71.5 Å². The van der Waals surface area contributed by atoms with Gasteiger partial charge in [0.05, 0.1) is 6.20 Å². The van der Waals surface area contributed by atoms with Crippen LogP contribution in [0.1, 0.15) is 46.5 Å². The molecule has 0 bridgehead atoms. The van der Waals surface area contributed by atoms with Crippen molar-refractivity contribution >= 4 is 21.9 Å². The molecule has 7 nitrogen and oxygen atoms in total. The van der Waals surface area contributed by atoms with Crippen LogP contribution in [0.4, 0.5) is 6.01 Å². The molecule has 4 rings (SSSR count). The Morgan fingerprint density at radius 2 is 1.84 bits per heavy atom. The van der Waals surface area contributed by atoms with E-state index in [1.54, 1.807) is 35.6 Å². The number of benzene rings is 2. The Balaban J connectivity index is 1.52. The minimum atomic E-state index is -3.50. The Bertz CT molecular complexity index is 1130. The molecule has 1 aromatic heterocycles. The Kier molecular flexibility index (Phi) is 5.93. The number of sulfonamides is 1. The molecule has 0 spiro atoms. The van der Waals surface area contributed by atoms with Crippen LogP contribution in [0, 0.1) is 0 Å². The van der Waals surface area contributed by atoms with Gasteiger partial charge in [0.1, 0.15) is 11.5 Å². The molecule has 2 atom stereocenters. The molecule has 31 heavy (non-hydrogen) atoms. The molecule has 1 saturated heterocycles. The third kappa shape index (κ3) is 4.26. The molecule has 162 valence electrons. The standard InChI is InChI=1S/C23H25N3O4S/c1-17-8-13-21(19-6-4-3-5-7-19)31(28,29)26(17)16-18-9-11-20(12-10-18)22(27)25(2)23-24-14-15-30-23/h3-7,9-12,14-15,17,21H,8,13,16H2,1-2H3/t17-,21?/m0/s1. The molecule has 0 radical (unpaired) electrons. The van der Waals surface area contributed by atoms with Gasteiger partial charge in [-0.1, -0.05) is 42.5 Å². The molecule has 2 aromatic carbocycles. The van der Waals surface area contributed by atoms with E-state index in [4.69, 9.17) is 4.42 Å². The Morgan fingerprint density at radius 1 is 1.13 bits per heavy atom. The molecular formula is C23H25N3O4S. The summed E-state index contributed by atoms with van der Waals surface area (Å²) in [5.74, 6) is -0.253. The number of nitrogens with zero attached hydrogens (tertiary/aromatic N) is 3. The van der Waals surface area contributed by atoms with Crippen molar-refractivity contribution < 1.29 is 17.6 Å². The van der Waals surface area contributed by atoms with E-state index in [0.717, 1.165) is 17.5 Å². The van der Waals surface area contributed by atoms with Gasteiger partial charge in [0.25, 0.3) is 5.91 Å². The summed E-state index contributed by atoms with van der Waals surface area (Å²) in [6.45, 7) is 2.22. The minimum absolute atomic E-state index is 0.0811. The van der Waals surface area contributed by atoms with E-state index < -0.39 is 15.3 Å². The maximum absolute atomic E-state index is 13.4. The molecule has 1 aliphatic heterocycles. The number of anilines is 1. The number of hydrogen-bond donors (Lipinski definition) is 0. The lowest BCUT2D eigenvalue weighted by molar-refractivity contribution is 0.0988. The molecule has 2 heterocycles. The minimum Gasteiger partial charge on any atom is -0.432 e. The number of oxazole rings is 1. The van der Waals surface area contributed by atoms with Gasteiger partial charge < -0.3 is 4.42 Å². The van der Waals surface area contributed by atoms with Gasteiger partial charge in [-0.3, -0.25) is 9.69 Å². The van der Waals surface area contributed by atoms with Gasteiger partial charge in [-0.25, -0.2) is 13.4 Å². The summed E-state index contributed by atoms with van der Waals surface area (Å²) in [4.78, 5) is 17.9. The van der Waals surface area contributed by atoms with Crippen LogP contribution in [0.3, 0.4) is 0 Å². The number of aromatic nitrogens is 1. The fraction of sp³-hybridized carbons (Fsp3) is 0.304. The molecular weight excluding hydrogens is 414 g/mol. The van der Waals surface area contributed by atoms with Gasteiger partial charge in [-0.15, -0.1) is 0 Å². The predicted octanol–water partition coefficient (Wildman–Crippen LogP) is 4.01. The molecule has 8 heteroatoms. The first-order chi connectivity index (χ1) is 14.9. The van der Waals surface area contributed by atoms with E-state index in [2.05, 4.69) is 4.98 Å². The van der Waals surface area contributed by atoms with E-state index in [-0.39, 0.29) is 24.5 Å². The van der Waals surface area contributed by atoms with Gasteiger partial charge >= 0.3 is 6.01 Å². The lowest BCUT2D eigenvalue weighted by atomic mass is 10.0. The highest BCUT2D eigenvalue weighted by Crippen LogP contribution is 2.38. The molecule has 1 aliphatic rings. The van der Waals surface area contributed by atoms with Crippen LogP contribution >= 0.6 is 0 Å². The second-order valence-corrected chi connectivity index (χ2v) is 9.86. The Labute approximate surface area is 182 Å². The fourth-order valence-corrected chi connectivity index (χ4v) is 6.14. The topological polar surface area (TPSA) is 83.7 Å². The average molecular weight is 440 g/mol. The SMILES string of the molecule is C[C@H]1CCC(c2ccccc2)S(=O)(=O)N1Cc1ccc(C(=O)N(C)c2ncco2)cc1. The van der Waals surface area contributed by atoms with Gasteiger partial charge in [0, 0.05) is 25.2 Å². The lowest BCUT2D eigenvalue weighted by Crippen LogP contribution is -2.44. The van der Waals surface area contributed by atoms with Crippen molar-refractivity contribution in [3.05, 3.63) is 83.7 Å². The van der Waals surface area contributed by atoms with Crippen molar-refractivity contribution in [1.82, 2.24) is 9.29 Å². The lowest BCUT2D eigenvalue weighted by Gasteiger charge is -2.37. The quantitative estimate of drug-likeness (QED) is 0.600. The molecule has 1 amide bonds. The summed E-state index contributed by atoms with van der Waals surface area (Å²) < 4.78 is 33.5. The van der Waals surface area contributed by atoms with E-state index in [1.807, 2.05) is 37.3 Å². The highest BCUT2D eigenvalue weighted by Gasteiger charge is 2.40. The first-order valence-corrected chi connectivity index (χ1v) is 11.7. The third-order valence-electron chi connectivity index (χ3n) is 5.75. The summed E-state index contributed by atoms with van der Waals surface area (Å²) >= 11 is 0. The monoisotopic (exact) mass is 439 g/mol. The van der Waals surface area contributed by atoms with Crippen molar-refractivity contribution in [3.8, 4) is 0 Å². The molecule has 0 aliphatic carbocycles. The van der Waals surface area contributed by atoms with Gasteiger partial charge in [-0.05, 0) is 43.0 Å². The van der Waals surface area contributed by atoms with E-state index >= 15 is 0 Å². The van der Waals surface area contributed by atoms with Crippen LogP contribution in [0.2, 0.25) is 0 Å². The maximum atomic E-state index is 13.4. The second kappa shape index (κ2) is 8.64. The normalized spacial score (nSPS) is 21.0. The van der Waals surface area contributed by atoms with Crippen molar-refractivity contribution in [2.45, 2.75) is 37.6 Å². The smallest absolute Gasteiger partial charge is 0.303 e. The number of carbonyl (C=O) groups is 1. The third-order valence-corrected chi connectivity index (χ3v) is 8.12. The summed E-state index contributed by atoms with van der Waals surface area (Å²) in [6.07, 6.45) is 4.30. The van der Waals surface area contributed by atoms with Crippen molar-refractivity contribution in [2.24, 2.45) is 0 Å². The molecule has 0 saturated carbocycles. The largest absolute Gasteiger partial charge is 0.432 e. The van der Waals surface area contributed by atoms with Crippen LogP contribution in [-0.4, -0.2) is 36.7 Å². The molecule has 1 unspecified atom stereocenters. The van der Waals surface area contributed by atoms with E-state index in [0.29, 0.717) is 12.0 Å². The van der Waals surface area contributed by atoms with Crippen LogP contribution in [0.25, 0.3) is 0 Å². The van der Waals surface area contributed by atoms with Gasteiger partial charge in [0.15, 0.2) is 0 Å². The zero-order valence-corrected chi connectivity index (χ0v) is 18.3. The number of carbonyl (C=O) groups excluding carboxylic acids is 1. The highest BCUT2D eigenvalue weighted by molar-refractivity contribution is 7.89. The number of hydrogen-bond acceptors (Lipinski definition) is 5. The Hall–Kier alpha value is -2.97. The predicted molar refractivity (Wildman–Crippen MR) is 118 cm³/mol. The average Bonchev–Trinajstić information content (AvgIpc) is 3.31. The van der Waals surface area contributed by atoms with E-state index in [9.17, 15) is 13.2 Å². The number of rotatable bonds is 5. The second-order valence-electron chi connectivity index (χ2n) is 7.79. The Morgan fingerprint density at radius 3 is 2.48 bits per heavy atom. The zero-order valence-electron chi connectivity index (χ0n) is 17.5. The zero-order chi connectivity index (χ0) is 22.0. The molecule has 3 aromatic rings. The van der Waals surface area contributed by atoms with Crippen molar-refractivity contribution in [1.29, 1.82) is 0 Å². The maximum Gasteiger partial charge on any atom is 0.303 e. The number of amides is 1. The van der Waals surface area contributed by atoms with Crippen LogP contribution < -0.4 is 4.90 Å². The van der Waals surface area contributed by atoms with E-state index in [1.165, 1.54) is 17.4 Å². The van der Waals surface area contributed by atoms with Crippen molar-refractivity contribution in [2.75, 3.05) is 11.9 Å². The van der Waals surface area contributed by atoms with Crippen LogP contribution in [-0.2, 0) is 16.6 Å². The molecule has 1 fully saturated rings. The summed E-state index contributed by atoms with van der Waals surface area (Å²) in [6, 6.07) is 16.5. The first-order valence-electron chi connectivity index (χ1n) is 10.2. The summed E-state index contributed by atoms with van der Waals surface area (Å²) in [7, 11) is -1.91.